The first kappa shape index (κ1) is 20.1. The van der Waals surface area contributed by atoms with Crippen LogP contribution in [0.15, 0.2) is 53.9 Å². The van der Waals surface area contributed by atoms with Crippen LogP contribution < -0.4 is 5.32 Å². The number of aryl methyl sites for hydroxylation is 2. The van der Waals surface area contributed by atoms with Crippen molar-refractivity contribution in [1.82, 2.24) is 29.9 Å². The van der Waals surface area contributed by atoms with Gasteiger partial charge in [0, 0.05) is 16.3 Å². The zero-order valence-corrected chi connectivity index (χ0v) is 17.8. The van der Waals surface area contributed by atoms with Gasteiger partial charge in [0.05, 0.1) is 11.4 Å². The van der Waals surface area contributed by atoms with Gasteiger partial charge in [-0.3, -0.25) is 14.5 Å². The van der Waals surface area contributed by atoms with Crippen molar-refractivity contribution >= 4 is 35.0 Å². The van der Waals surface area contributed by atoms with Crippen molar-refractivity contribution in [3.8, 4) is 17.1 Å². The third-order valence-corrected chi connectivity index (χ3v) is 5.66. The van der Waals surface area contributed by atoms with Gasteiger partial charge >= 0.3 is 0 Å². The van der Waals surface area contributed by atoms with E-state index in [0.717, 1.165) is 22.6 Å². The molecule has 0 bridgehead atoms. The van der Waals surface area contributed by atoms with Gasteiger partial charge in [0.15, 0.2) is 11.0 Å². The molecule has 0 saturated carbocycles. The van der Waals surface area contributed by atoms with Gasteiger partial charge in [0.1, 0.15) is 12.2 Å². The monoisotopic (exact) mass is 439 g/mol. The third-order valence-electron chi connectivity index (χ3n) is 4.31. The summed E-state index contributed by atoms with van der Waals surface area (Å²) < 4.78 is 1.80. The number of nitrogens with one attached hydrogen (secondary N) is 2. The minimum Gasteiger partial charge on any atom is -0.325 e. The molecule has 1 amide bonds. The van der Waals surface area contributed by atoms with E-state index in [4.69, 9.17) is 11.6 Å². The Labute approximate surface area is 182 Å². The van der Waals surface area contributed by atoms with Crippen molar-refractivity contribution in [2.45, 2.75) is 19.0 Å². The fraction of sp³-hybridized carbons (Fsp3) is 0.150. The van der Waals surface area contributed by atoms with E-state index in [2.05, 4.69) is 30.7 Å². The lowest BCUT2D eigenvalue weighted by Gasteiger charge is -2.08. The Bertz CT molecular complexity index is 1190. The Morgan fingerprint density at radius 1 is 1.20 bits per heavy atom. The number of benzene rings is 2. The Morgan fingerprint density at radius 3 is 2.70 bits per heavy atom. The number of carbonyl (C=O) groups excluding carboxylic acids is 1. The second-order valence-electron chi connectivity index (χ2n) is 6.58. The van der Waals surface area contributed by atoms with Gasteiger partial charge < -0.3 is 5.32 Å². The van der Waals surface area contributed by atoms with Crippen LogP contribution in [0.1, 0.15) is 11.4 Å². The standard InChI is InChI=1S/C20H18ClN7OS/c1-12-3-8-16(9-17(12)21)28-11-22-27-20(28)30-10-18(29)24-15-6-4-14(5-7-15)19-23-13(2)25-26-19/h3-9,11H,10H2,1-2H3,(H,24,29)(H,23,25,26). The Morgan fingerprint density at radius 2 is 2.00 bits per heavy atom. The Kier molecular flexibility index (Phi) is 5.82. The number of nitrogens with zero attached hydrogens (tertiary/aromatic N) is 5. The molecule has 30 heavy (non-hydrogen) atoms. The molecule has 2 N–H and O–H groups in total. The predicted octanol–water partition coefficient (Wildman–Crippen LogP) is 4.05. The lowest BCUT2D eigenvalue weighted by atomic mass is 10.2. The summed E-state index contributed by atoms with van der Waals surface area (Å²) in [4.78, 5) is 16.7. The number of anilines is 1. The van der Waals surface area contributed by atoms with Crippen LogP contribution in [0.25, 0.3) is 17.1 Å². The molecule has 0 aliphatic heterocycles. The van der Waals surface area contributed by atoms with Crippen molar-refractivity contribution in [3.63, 3.8) is 0 Å². The average Bonchev–Trinajstić information content (AvgIpc) is 3.38. The zero-order valence-electron chi connectivity index (χ0n) is 16.3. The SMILES string of the molecule is Cc1nc(-c2ccc(NC(=O)CSc3nncn3-c3ccc(C)c(Cl)c3)cc2)n[nH]1. The number of hydrogen-bond donors (Lipinski definition) is 2. The molecule has 4 rings (SSSR count). The molecule has 0 aliphatic carbocycles. The van der Waals surface area contributed by atoms with Crippen LogP contribution in [0.2, 0.25) is 5.02 Å². The lowest BCUT2D eigenvalue weighted by molar-refractivity contribution is -0.113. The van der Waals surface area contributed by atoms with Crippen molar-refractivity contribution in [2.75, 3.05) is 11.1 Å². The van der Waals surface area contributed by atoms with Crippen LogP contribution in [0.3, 0.4) is 0 Å². The summed E-state index contributed by atoms with van der Waals surface area (Å²) in [6.07, 6.45) is 1.60. The molecule has 0 unspecified atom stereocenters. The largest absolute Gasteiger partial charge is 0.325 e. The number of H-pyrrole nitrogens is 1. The second-order valence-corrected chi connectivity index (χ2v) is 7.93. The van der Waals surface area contributed by atoms with E-state index in [0.29, 0.717) is 21.7 Å². The first-order valence-electron chi connectivity index (χ1n) is 9.08. The first-order chi connectivity index (χ1) is 14.5. The molecule has 0 fully saturated rings. The molecule has 2 heterocycles. The maximum atomic E-state index is 12.4. The maximum Gasteiger partial charge on any atom is 0.234 e. The van der Waals surface area contributed by atoms with Gasteiger partial charge in [-0.2, -0.15) is 5.10 Å². The summed E-state index contributed by atoms with van der Waals surface area (Å²) in [7, 11) is 0. The number of rotatable bonds is 6. The van der Waals surface area contributed by atoms with Crippen molar-refractivity contribution < 1.29 is 4.79 Å². The number of carbonyl (C=O) groups is 1. The van der Waals surface area contributed by atoms with Crippen LogP contribution in [0, 0.1) is 13.8 Å². The smallest absolute Gasteiger partial charge is 0.234 e. The highest BCUT2D eigenvalue weighted by atomic mass is 35.5. The van der Waals surface area contributed by atoms with Gasteiger partial charge in [-0.15, -0.1) is 10.2 Å². The molecular weight excluding hydrogens is 422 g/mol. The molecule has 0 saturated heterocycles. The maximum absolute atomic E-state index is 12.4. The minimum absolute atomic E-state index is 0.141. The van der Waals surface area contributed by atoms with Crippen molar-refractivity contribution in [1.29, 1.82) is 0 Å². The minimum atomic E-state index is -0.141. The van der Waals surface area contributed by atoms with E-state index in [1.165, 1.54) is 11.8 Å². The van der Waals surface area contributed by atoms with E-state index >= 15 is 0 Å². The fourth-order valence-electron chi connectivity index (χ4n) is 2.73. The number of aromatic nitrogens is 6. The van der Waals surface area contributed by atoms with Gasteiger partial charge in [-0.25, -0.2) is 4.98 Å². The second kappa shape index (κ2) is 8.68. The fourth-order valence-corrected chi connectivity index (χ4v) is 3.64. The molecule has 0 atom stereocenters. The number of aromatic amines is 1. The van der Waals surface area contributed by atoms with Gasteiger partial charge in [-0.1, -0.05) is 29.4 Å². The quantitative estimate of drug-likeness (QED) is 0.439. The summed E-state index contributed by atoms with van der Waals surface area (Å²) in [5.41, 5.74) is 3.41. The van der Waals surface area contributed by atoms with Crippen LogP contribution in [-0.2, 0) is 4.79 Å². The molecule has 4 aromatic rings. The van der Waals surface area contributed by atoms with Crippen molar-refractivity contribution in [2.24, 2.45) is 0 Å². The highest BCUT2D eigenvalue weighted by Gasteiger charge is 2.12. The Balaban J connectivity index is 1.38. The summed E-state index contributed by atoms with van der Waals surface area (Å²) in [5, 5.41) is 19.2. The van der Waals surface area contributed by atoms with Gasteiger partial charge in [0.2, 0.25) is 5.91 Å². The van der Waals surface area contributed by atoms with E-state index in [9.17, 15) is 4.79 Å². The molecule has 0 radical (unpaired) electrons. The average molecular weight is 440 g/mol. The molecular formula is C20H18ClN7OS. The number of thioether (sulfide) groups is 1. The number of amides is 1. The van der Waals surface area contributed by atoms with Gasteiger partial charge in [0.25, 0.3) is 0 Å². The molecule has 8 nitrogen and oxygen atoms in total. The highest BCUT2D eigenvalue weighted by molar-refractivity contribution is 7.99. The Hall–Kier alpha value is -3.17. The molecule has 2 aromatic carbocycles. The predicted molar refractivity (Wildman–Crippen MR) is 117 cm³/mol. The van der Waals surface area contributed by atoms with Crippen LogP contribution >= 0.6 is 23.4 Å². The van der Waals surface area contributed by atoms with Crippen LogP contribution in [-0.4, -0.2) is 41.6 Å². The van der Waals surface area contributed by atoms with Crippen LogP contribution in [0.5, 0.6) is 0 Å². The molecule has 2 aromatic heterocycles. The molecule has 0 aliphatic rings. The van der Waals surface area contributed by atoms with Crippen LogP contribution in [0.4, 0.5) is 5.69 Å². The van der Waals surface area contributed by atoms with E-state index in [1.807, 2.05) is 56.3 Å². The first-order valence-corrected chi connectivity index (χ1v) is 10.4. The zero-order chi connectivity index (χ0) is 21.1. The summed E-state index contributed by atoms with van der Waals surface area (Å²) in [5.74, 6) is 1.43. The van der Waals surface area contributed by atoms with E-state index < -0.39 is 0 Å². The number of halogens is 1. The van der Waals surface area contributed by atoms with E-state index in [-0.39, 0.29) is 11.7 Å². The number of hydrogen-bond acceptors (Lipinski definition) is 6. The lowest BCUT2D eigenvalue weighted by Crippen LogP contribution is -2.14. The van der Waals surface area contributed by atoms with Gasteiger partial charge in [-0.05, 0) is 55.8 Å². The van der Waals surface area contributed by atoms with Crippen molar-refractivity contribution in [3.05, 3.63) is 65.2 Å². The normalized spacial score (nSPS) is 10.9. The topological polar surface area (TPSA) is 101 Å². The highest BCUT2D eigenvalue weighted by Crippen LogP contribution is 2.24. The molecule has 10 heteroatoms. The molecule has 0 spiro atoms. The van der Waals surface area contributed by atoms with E-state index in [1.54, 1.807) is 10.9 Å². The third kappa shape index (κ3) is 4.52. The molecule has 152 valence electrons. The summed E-state index contributed by atoms with van der Waals surface area (Å²) in [6, 6.07) is 13.1. The summed E-state index contributed by atoms with van der Waals surface area (Å²) >= 11 is 7.52. The summed E-state index contributed by atoms with van der Waals surface area (Å²) in [6.45, 7) is 3.79.